The van der Waals surface area contributed by atoms with E-state index in [0.29, 0.717) is 5.56 Å². The highest BCUT2D eigenvalue weighted by Crippen LogP contribution is 2.31. The van der Waals surface area contributed by atoms with Crippen LogP contribution in [0.3, 0.4) is 0 Å². The van der Waals surface area contributed by atoms with Crippen LogP contribution in [-0.4, -0.2) is 48.4 Å². The fraction of sp³-hybridized carbons (Fsp3) is 0.368. The number of benzene rings is 1. The summed E-state index contributed by atoms with van der Waals surface area (Å²) in [5, 5.41) is 14.7. The van der Waals surface area contributed by atoms with Gasteiger partial charge in [-0.1, -0.05) is 18.2 Å². The Morgan fingerprint density at radius 2 is 2.15 bits per heavy atom. The number of H-pyrrole nitrogens is 1. The van der Waals surface area contributed by atoms with E-state index in [1.54, 1.807) is 4.68 Å². The minimum Gasteiger partial charge on any atom is -0.348 e. The monoisotopic (exact) mass is 365 g/mol. The van der Waals surface area contributed by atoms with E-state index in [1.807, 2.05) is 56.7 Å². The molecule has 8 heteroatoms. The van der Waals surface area contributed by atoms with Crippen LogP contribution in [0.4, 0.5) is 0 Å². The lowest BCUT2D eigenvalue weighted by Crippen LogP contribution is -2.36. The van der Waals surface area contributed by atoms with Crippen molar-refractivity contribution in [3.63, 3.8) is 0 Å². The predicted molar refractivity (Wildman–Crippen MR) is 99.8 cm³/mol. The Hall–Kier alpha value is -3.00. The van der Waals surface area contributed by atoms with Gasteiger partial charge in [-0.15, -0.1) is 0 Å². The number of carbonyl (C=O) groups is 1. The smallest absolute Gasteiger partial charge is 0.251 e. The molecule has 1 amide bonds. The molecule has 0 spiro atoms. The Morgan fingerprint density at radius 1 is 1.33 bits per heavy atom. The summed E-state index contributed by atoms with van der Waals surface area (Å²) in [4.78, 5) is 19.4. The van der Waals surface area contributed by atoms with Gasteiger partial charge in [-0.2, -0.15) is 10.2 Å². The molecule has 1 aliphatic rings. The lowest BCUT2D eigenvalue weighted by atomic mass is 10.1. The molecule has 1 aromatic carbocycles. The summed E-state index contributed by atoms with van der Waals surface area (Å²) in [5.74, 6) is 1.52. The molecule has 1 saturated heterocycles. The third-order valence-corrected chi connectivity index (χ3v) is 4.83. The molecule has 8 nitrogen and oxygen atoms in total. The van der Waals surface area contributed by atoms with E-state index in [9.17, 15) is 4.79 Å². The lowest BCUT2D eigenvalue weighted by molar-refractivity contribution is 0.0937. The van der Waals surface area contributed by atoms with Crippen LogP contribution >= 0.6 is 0 Å². The largest absolute Gasteiger partial charge is 0.348 e. The van der Waals surface area contributed by atoms with Crippen molar-refractivity contribution in [1.82, 2.24) is 35.2 Å². The first-order chi connectivity index (χ1) is 13.1. The zero-order chi connectivity index (χ0) is 18.8. The van der Waals surface area contributed by atoms with Gasteiger partial charge >= 0.3 is 0 Å². The van der Waals surface area contributed by atoms with Crippen LogP contribution in [0.5, 0.6) is 0 Å². The number of aryl methyl sites for hydroxylation is 2. The molecule has 2 atom stereocenters. The second-order valence-electron chi connectivity index (χ2n) is 7.02. The summed E-state index contributed by atoms with van der Waals surface area (Å²) < 4.78 is 1.80. The number of hydrogen-bond donors (Lipinski definition) is 2. The minimum atomic E-state index is -0.0475. The van der Waals surface area contributed by atoms with Crippen molar-refractivity contribution < 1.29 is 4.79 Å². The van der Waals surface area contributed by atoms with Crippen molar-refractivity contribution in [2.45, 2.75) is 32.0 Å². The highest BCUT2D eigenvalue weighted by atomic mass is 16.1. The maximum Gasteiger partial charge on any atom is 0.251 e. The topological polar surface area (TPSA) is 91.7 Å². The third kappa shape index (κ3) is 3.90. The summed E-state index contributed by atoms with van der Waals surface area (Å²) in [6, 6.07) is 9.40. The number of amides is 1. The number of aromatic amines is 1. The molecule has 1 aliphatic heterocycles. The summed E-state index contributed by atoms with van der Waals surface area (Å²) in [6.45, 7) is 3.38. The molecule has 2 N–H and O–H groups in total. The van der Waals surface area contributed by atoms with Gasteiger partial charge in [-0.05, 0) is 25.5 Å². The van der Waals surface area contributed by atoms with E-state index in [2.05, 4.69) is 30.5 Å². The zero-order valence-electron chi connectivity index (χ0n) is 15.5. The van der Waals surface area contributed by atoms with Gasteiger partial charge in [0.2, 0.25) is 0 Å². The van der Waals surface area contributed by atoms with E-state index >= 15 is 0 Å². The average Bonchev–Trinajstić information content (AvgIpc) is 3.37. The molecule has 0 bridgehead atoms. The fourth-order valence-electron chi connectivity index (χ4n) is 3.61. The predicted octanol–water partition coefficient (Wildman–Crippen LogP) is 1.59. The number of rotatable bonds is 5. The van der Waals surface area contributed by atoms with Crippen LogP contribution in [-0.2, 0) is 13.6 Å². The number of carbonyl (C=O) groups excluding carboxylic acids is 1. The van der Waals surface area contributed by atoms with Crippen LogP contribution in [0.15, 0.2) is 42.7 Å². The van der Waals surface area contributed by atoms with E-state index < -0.39 is 0 Å². The minimum absolute atomic E-state index is 0.0400. The molecule has 140 valence electrons. The quantitative estimate of drug-likeness (QED) is 0.716. The molecule has 0 radical (unpaired) electrons. The zero-order valence-corrected chi connectivity index (χ0v) is 15.5. The molecule has 0 aliphatic carbocycles. The van der Waals surface area contributed by atoms with E-state index in [0.717, 1.165) is 36.7 Å². The molecule has 2 aromatic heterocycles. The Bertz CT molecular complexity index is 917. The van der Waals surface area contributed by atoms with Crippen molar-refractivity contribution >= 4 is 5.91 Å². The third-order valence-electron chi connectivity index (χ3n) is 4.83. The molecular formula is C19H23N7O. The summed E-state index contributed by atoms with van der Waals surface area (Å²) in [5.41, 5.74) is 1.80. The fourth-order valence-corrected chi connectivity index (χ4v) is 3.61. The Labute approximate surface area is 157 Å². The second kappa shape index (κ2) is 7.32. The van der Waals surface area contributed by atoms with Crippen LogP contribution in [0.1, 0.15) is 40.0 Å². The van der Waals surface area contributed by atoms with E-state index in [-0.39, 0.29) is 18.0 Å². The van der Waals surface area contributed by atoms with Gasteiger partial charge in [-0.25, -0.2) is 4.98 Å². The SMILES string of the molecule is Cc1nc([C@@H]2C[C@H](NC(=O)c3ccccc3)CN2Cc2cnn(C)c2)n[nH]1. The summed E-state index contributed by atoms with van der Waals surface area (Å²) in [6.07, 6.45) is 4.66. The maximum absolute atomic E-state index is 12.5. The van der Waals surface area contributed by atoms with Gasteiger partial charge in [-0.3, -0.25) is 19.5 Å². The molecule has 1 fully saturated rings. The molecule has 0 saturated carbocycles. The van der Waals surface area contributed by atoms with Gasteiger partial charge < -0.3 is 5.32 Å². The van der Waals surface area contributed by atoms with E-state index in [4.69, 9.17) is 0 Å². The van der Waals surface area contributed by atoms with Gasteiger partial charge in [0.05, 0.1) is 12.2 Å². The van der Waals surface area contributed by atoms with Gasteiger partial charge in [0.25, 0.3) is 5.91 Å². The number of nitrogens with zero attached hydrogens (tertiary/aromatic N) is 5. The standard InChI is InChI=1S/C19H23N7O/c1-13-21-18(24-23-13)17-8-16(22-19(27)15-6-4-3-5-7-15)12-26(17)11-14-9-20-25(2)10-14/h3-7,9-10,16-17H,8,11-12H2,1-2H3,(H,22,27)(H,21,23,24)/t16-,17-/m0/s1. The van der Waals surface area contributed by atoms with Crippen LogP contribution in [0, 0.1) is 6.92 Å². The van der Waals surface area contributed by atoms with Crippen LogP contribution < -0.4 is 5.32 Å². The van der Waals surface area contributed by atoms with Gasteiger partial charge in [0, 0.05) is 43.5 Å². The molecule has 0 unspecified atom stereocenters. The number of aromatic nitrogens is 5. The number of likely N-dealkylation sites (tertiary alicyclic amines) is 1. The molecule has 3 aromatic rings. The summed E-state index contributed by atoms with van der Waals surface area (Å²) in [7, 11) is 1.91. The molecule has 4 rings (SSSR count). The number of hydrogen-bond acceptors (Lipinski definition) is 5. The van der Waals surface area contributed by atoms with E-state index in [1.165, 1.54) is 0 Å². The van der Waals surface area contributed by atoms with Crippen LogP contribution in [0.25, 0.3) is 0 Å². The van der Waals surface area contributed by atoms with Crippen molar-refractivity contribution in [2.75, 3.05) is 6.54 Å². The molecular weight excluding hydrogens is 342 g/mol. The second-order valence-corrected chi connectivity index (χ2v) is 7.02. The van der Waals surface area contributed by atoms with Gasteiger partial charge in [0.15, 0.2) is 5.82 Å². The molecule has 27 heavy (non-hydrogen) atoms. The maximum atomic E-state index is 12.5. The first-order valence-corrected chi connectivity index (χ1v) is 9.05. The summed E-state index contributed by atoms with van der Waals surface area (Å²) >= 11 is 0. The highest BCUT2D eigenvalue weighted by Gasteiger charge is 2.36. The average molecular weight is 365 g/mol. The Morgan fingerprint density at radius 3 is 2.81 bits per heavy atom. The van der Waals surface area contributed by atoms with Crippen LogP contribution in [0.2, 0.25) is 0 Å². The van der Waals surface area contributed by atoms with Gasteiger partial charge in [0.1, 0.15) is 5.82 Å². The van der Waals surface area contributed by atoms with Crippen molar-refractivity contribution in [1.29, 1.82) is 0 Å². The Balaban J connectivity index is 1.50. The lowest BCUT2D eigenvalue weighted by Gasteiger charge is -2.21. The normalized spacial score (nSPS) is 20.1. The number of nitrogens with one attached hydrogen (secondary N) is 2. The van der Waals surface area contributed by atoms with Crippen molar-refractivity contribution in [2.24, 2.45) is 7.05 Å². The molecule has 3 heterocycles. The van der Waals surface area contributed by atoms with Crippen molar-refractivity contribution in [3.8, 4) is 0 Å². The first kappa shape index (κ1) is 17.4. The Kier molecular flexibility index (Phi) is 4.72. The van der Waals surface area contributed by atoms with Crippen molar-refractivity contribution in [3.05, 3.63) is 65.5 Å². The highest BCUT2D eigenvalue weighted by molar-refractivity contribution is 5.94. The first-order valence-electron chi connectivity index (χ1n) is 9.05.